The van der Waals surface area contributed by atoms with E-state index in [0.29, 0.717) is 19.6 Å². The zero-order valence-electron chi connectivity index (χ0n) is 20.4. The van der Waals surface area contributed by atoms with Gasteiger partial charge in [0.15, 0.2) is 0 Å². The van der Waals surface area contributed by atoms with Crippen LogP contribution in [0.5, 0.6) is 0 Å². The Morgan fingerprint density at radius 1 is 1.23 bits per heavy atom. The average molecular weight is 473 g/mol. The number of nitrogens with zero attached hydrogens (tertiary/aromatic N) is 5. The van der Waals surface area contributed by atoms with E-state index in [2.05, 4.69) is 9.97 Å². The summed E-state index contributed by atoms with van der Waals surface area (Å²) in [6.07, 6.45) is 7.28. The molecule has 4 aromatic rings. The van der Waals surface area contributed by atoms with Gasteiger partial charge in [-0.1, -0.05) is 6.08 Å². The second kappa shape index (κ2) is 9.11. The second-order valence-corrected chi connectivity index (χ2v) is 9.26. The normalized spacial score (nSPS) is 15.9. The number of aromatic amines is 1. The number of fused-ring (bicyclic) bond motifs is 2. The van der Waals surface area contributed by atoms with Crippen molar-refractivity contribution in [2.45, 2.75) is 26.4 Å². The molecule has 0 saturated heterocycles. The zero-order valence-corrected chi connectivity index (χ0v) is 20.4. The van der Waals surface area contributed by atoms with Crippen molar-refractivity contribution in [3.05, 3.63) is 72.0 Å². The molecular weight excluding hydrogens is 443 g/mol. The molecule has 0 radical (unpaired) electrons. The van der Waals surface area contributed by atoms with Crippen LogP contribution in [-0.2, 0) is 11.3 Å². The molecule has 1 N–H and O–H groups in total. The van der Waals surface area contributed by atoms with Crippen LogP contribution in [-0.4, -0.2) is 62.6 Å². The highest BCUT2D eigenvalue weighted by Crippen LogP contribution is 2.43. The Hall–Kier alpha value is -3.78. The van der Waals surface area contributed by atoms with Gasteiger partial charge in [0.05, 0.1) is 18.3 Å². The van der Waals surface area contributed by atoms with Crippen molar-refractivity contribution in [2.75, 3.05) is 27.2 Å². The van der Waals surface area contributed by atoms with Crippen molar-refractivity contribution in [3.63, 3.8) is 0 Å². The smallest absolute Gasteiger partial charge is 0.246 e. The fraction of sp³-hybridized carbons (Fsp3) is 0.296. The van der Waals surface area contributed by atoms with E-state index in [1.54, 1.807) is 24.4 Å². The number of halogens is 1. The fourth-order valence-corrected chi connectivity index (χ4v) is 4.88. The summed E-state index contributed by atoms with van der Waals surface area (Å²) >= 11 is 0. The third-order valence-corrected chi connectivity index (χ3v) is 6.58. The summed E-state index contributed by atoms with van der Waals surface area (Å²) in [6, 6.07) is 8.23. The summed E-state index contributed by atoms with van der Waals surface area (Å²) < 4.78 is 15.7. The lowest BCUT2D eigenvalue weighted by molar-refractivity contribution is -0.129. The van der Waals surface area contributed by atoms with Crippen molar-refractivity contribution >= 4 is 16.9 Å². The summed E-state index contributed by atoms with van der Waals surface area (Å²) in [4.78, 5) is 24.8. The first kappa shape index (κ1) is 23.0. The SMILES string of the molecule is Cc1c[nH]c2nccc(-c3c(-c4ccc(F)cc4)nn4c3C(C)N(C(=O)/C=C/CN(C)C)CC4)c12. The number of H-pyrrole nitrogens is 1. The van der Waals surface area contributed by atoms with Crippen molar-refractivity contribution in [3.8, 4) is 22.4 Å². The van der Waals surface area contributed by atoms with Gasteiger partial charge >= 0.3 is 0 Å². The predicted octanol–water partition coefficient (Wildman–Crippen LogP) is 4.56. The highest BCUT2D eigenvalue weighted by atomic mass is 19.1. The van der Waals surface area contributed by atoms with E-state index in [0.717, 1.165) is 44.7 Å². The number of rotatable bonds is 5. The molecule has 0 fully saturated rings. The third-order valence-electron chi connectivity index (χ3n) is 6.58. The predicted molar refractivity (Wildman–Crippen MR) is 135 cm³/mol. The maximum Gasteiger partial charge on any atom is 0.246 e. The summed E-state index contributed by atoms with van der Waals surface area (Å²) in [5.74, 6) is -0.305. The maximum atomic E-state index is 13.7. The molecule has 1 amide bonds. The van der Waals surface area contributed by atoms with E-state index in [-0.39, 0.29) is 17.8 Å². The van der Waals surface area contributed by atoms with Crippen LogP contribution in [0.2, 0.25) is 0 Å². The highest BCUT2D eigenvalue weighted by Gasteiger charge is 2.33. The number of likely N-dealkylation sites (N-methyl/N-ethyl adjacent to an activating group) is 1. The quantitative estimate of drug-likeness (QED) is 0.432. The van der Waals surface area contributed by atoms with E-state index in [1.165, 1.54) is 12.1 Å². The van der Waals surface area contributed by atoms with E-state index in [9.17, 15) is 9.18 Å². The van der Waals surface area contributed by atoms with E-state index in [4.69, 9.17) is 5.10 Å². The third kappa shape index (κ3) is 4.14. The molecule has 1 atom stereocenters. The molecule has 35 heavy (non-hydrogen) atoms. The van der Waals surface area contributed by atoms with E-state index < -0.39 is 0 Å². The molecule has 1 aliphatic heterocycles. The van der Waals surface area contributed by atoms with Crippen LogP contribution in [0.4, 0.5) is 4.39 Å². The first-order valence-corrected chi connectivity index (χ1v) is 11.8. The van der Waals surface area contributed by atoms with Crippen molar-refractivity contribution in [1.82, 2.24) is 29.5 Å². The van der Waals surface area contributed by atoms with Gasteiger partial charge < -0.3 is 14.8 Å². The minimum absolute atomic E-state index is 0.0150. The number of pyridine rings is 1. The number of hydrogen-bond acceptors (Lipinski definition) is 4. The van der Waals surface area contributed by atoms with Gasteiger partial charge in [0, 0.05) is 48.1 Å². The Kier molecular flexibility index (Phi) is 5.98. The van der Waals surface area contributed by atoms with E-state index in [1.807, 2.05) is 60.8 Å². The lowest BCUT2D eigenvalue weighted by atomic mass is 9.93. The number of nitrogens with one attached hydrogen (secondary N) is 1. The Morgan fingerprint density at radius 3 is 2.74 bits per heavy atom. The monoisotopic (exact) mass is 472 g/mol. The van der Waals surface area contributed by atoms with Crippen LogP contribution in [0.25, 0.3) is 33.4 Å². The molecule has 7 nitrogen and oxygen atoms in total. The molecule has 4 heterocycles. The molecule has 1 aliphatic rings. The zero-order chi connectivity index (χ0) is 24.7. The molecular formula is C27H29FN6O. The molecule has 0 aliphatic carbocycles. The van der Waals surface area contributed by atoms with Gasteiger partial charge in [-0.2, -0.15) is 5.10 Å². The maximum absolute atomic E-state index is 13.7. The molecule has 180 valence electrons. The van der Waals surface area contributed by atoms with Crippen LogP contribution < -0.4 is 0 Å². The number of hydrogen-bond donors (Lipinski definition) is 1. The molecule has 1 unspecified atom stereocenters. The van der Waals surface area contributed by atoms with Gasteiger partial charge in [-0.25, -0.2) is 9.37 Å². The summed E-state index contributed by atoms with van der Waals surface area (Å²) in [5.41, 5.74) is 6.41. The molecule has 8 heteroatoms. The Balaban J connectivity index is 1.68. The van der Waals surface area contributed by atoms with Gasteiger partial charge in [-0.05, 0) is 69.4 Å². The molecule has 0 spiro atoms. The molecule has 5 rings (SSSR count). The molecule has 0 saturated carbocycles. The Labute approximate surface area is 203 Å². The van der Waals surface area contributed by atoms with Gasteiger partial charge in [0.1, 0.15) is 17.2 Å². The highest BCUT2D eigenvalue weighted by molar-refractivity contribution is 6.00. The number of benzene rings is 1. The molecule has 1 aromatic carbocycles. The van der Waals surface area contributed by atoms with Crippen LogP contribution in [0, 0.1) is 12.7 Å². The van der Waals surface area contributed by atoms with Gasteiger partial charge in [0.2, 0.25) is 5.91 Å². The van der Waals surface area contributed by atoms with Crippen molar-refractivity contribution < 1.29 is 9.18 Å². The lowest BCUT2D eigenvalue weighted by Crippen LogP contribution is -2.40. The van der Waals surface area contributed by atoms with Gasteiger partial charge in [-0.3, -0.25) is 9.48 Å². The van der Waals surface area contributed by atoms with Crippen LogP contribution in [0.15, 0.2) is 54.9 Å². The average Bonchev–Trinajstić information content (AvgIpc) is 3.41. The number of amides is 1. The number of aryl methyl sites for hydroxylation is 1. The van der Waals surface area contributed by atoms with Gasteiger partial charge in [0.25, 0.3) is 0 Å². The Morgan fingerprint density at radius 2 is 2.00 bits per heavy atom. The van der Waals surface area contributed by atoms with Crippen LogP contribution in [0.1, 0.15) is 24.2 Å². The Bertz CT molecular complexity index is 1420. The minimum Gasteiger partial charge on any atom is -0.346 e. The summed E-state index contributed by atoms with van der Waals surface area (Å²) in [7, 11) is 3.94. The first-order chi connectivity index (χ1) is 16.8. The number of carbonyl (C=O) groups is 1. The largest absolute Gasteiger partial charge is 0.346 e. The molecule has 3 aromatic heterocycles. The van der Waals surface area contributed by atoms with Gasteiger partial charge in [-0.15, -0.1) is 0 Å². The second-order valence-electron chi connectivity index (χ2n) is 9.26. The lowest BCUT2D eigenvalue weighted by Gasteiger charge is -2.34. The topological polar surface area (TPSA) is 70.0 Å². The van der Waals surface area contributed by atoms with Crippen LogP contribution >= 0.6 is 0 Å². The fourth-order valence-electron chi connectivity index (χ4n) is 4.88. The van der Waals surface area contributed by atoms with Crippen molar-refractivity contribution in [1.29, 1.82) is 0 Å². The number of carbonyl (C=O) groups excluding carboxylic acids is 1. The minimum atomic E-state index is -0.290. The van der Waals surface area contributed by atoms with E-state index >= 15 is 0 Å². The standard InChI is InChI=1S/C27H29FN6O/c1-17-16-30-27-23(17)21(11-12-29-27)24-25(19-7-9-20(28)10-8-19)31-34-15-14-33(18(2)26(24)34)22(35)6-5-13-32(3)4/h5-12,16,18H,13-15H2,1-4H3,(H,29,30)/b6-5+. The van der Waals surface area contributed by atoms with Crippen molar-refractivity contribution in [2.24, 2.45) is 0 Å². The van der Waals surface area contributed by atoms with Crippen LogP contribution in [0.3, 0.4) is 0 Å². The number of aromatic nitrogens is 4. The molecule has 0 bridgehead atoms. The first-order valence-electron chi connectivity index (χ1n) is 11.8. The summed E-state index contributed by atoms with van der Waals surface area (Å²) in [5, 5.41) is 6.00. The summed E-state index contributed by atoms with van der Waals surface area (Å²) in [6.45, 7) is 5.95.